The number of benzene rings is 3. The maximum absolute atomic E-state index is 11.1. The lowest BCUT2D eigenvalue weighted by atomic mass is 9.71. The molecule has 0 fully saturated rings. The summed E-state index contributed by atoms with van der Waals surface area (Å²) < 4.78 is 0. The van der Waals surface area contributed by atoms with Crippen LogP contribution >= 0.6 is 0 Å². The molecule has 0 radical (unpaired) electrons. The molecule has 0 amide bonds. The van der Waals surface area contributed by atoms with E-state index in [2.05, 4.69) is 55.7 Å². The largest absolute Gasteiger partial charge is 0.316 e. The van der Waals surface area contributed by atoms with Crippen LogP contribution in [0.25, 0.3) is 16.8 Å². The Bertz CT molecular complexity index is 1150. The quantitative estimate of drug-likeness (QED) is 0.174. The van der Waals surface area contributed by atoms with Gasteiger partial charge in [0.15, 0.2) is 0 Å². The highest BCUT2D eigenvalue weighted by atomic mass is 16.6. The molecule has 2 N–H and O–H groups in total. The highest BCUT2D eigenvalue weighted by Crippen LogP contribution is 2.42. The molecule has 0 spiro atoms. The zero-order chi connectivity index (χ0) is 21.7. The van der Waals surface area contributed by atoms with E-state index in [1.807, 2.05) is 37.4 Å². The molecule has 0 saturated heterocycles. The fourth-order valence-corrected chi connectivity index (χ4v) is 3.95. The van der Waals surface area contributed by atoms with Crippen molar-refractivity contribution in [3.05, 3.63) is 113 Å². The Hall–Kier alpha value is -3.50. The summed E-state index contributed by atoms with van der Waals surface area (Å²) in [6.45, 7) is 10.6. The standard InChI is InChI=1S/C26H26N2O2/c1-5-17-26(3,19(2)13-14-20-9-8-11-22(18-20)28(29)30)25-23-12-7-6-10-21(23)15-16-24(25)27-4/h5-16,18,27H,1-2,17H2,3-4H3/p+1. The molecule has 0 aliphatic heterocycles. The van der Waals surface area contributed by atoms with Crippen molar-refractivity contribution in [1.29, 1.82) is 0 Å². The van der Waals surface area contributed by atoms with Gasteiger partial charge >= 0.3 is 0 Å². The first-order valence-electron chi connectivity index (χ1n) is 9.95. The van der Waals surface area contributed by atoms with Crippen LogP contribution in [0.1, 0.15) is 24.5 Å². The van der Waals surface area contributed by atoms with Crippen molar-refractivity contribution in [2.24, 2.45) is 0 Å². The Balaban J connectivity index is 2.10. The number of nitrogens with zero attached hydrogens (tertiary/aromatic N) is 1. The number of quaternary nitrogens is 1. The molecule has 30 heavy (non-hydrogen) atoms. The normalized spacial score (nSPS) is 13.3. The minimum absolute atomic E-state index is 0.0774. The van der Waals surface area contributed by atoms with Gasteiger partial charge in [-0.15, -0.1) is 6.58 Å². The van der Waals surface area contributed by atoms with E-state index in [0.29, 0.717) is 0 Å². The van der Waals surface area contributed by atoms with Gasteiger partial charge in [0.2, 0.25) is 0 Å². The Morgan fingerprint density at radius 1 is 1.17 bits per heavy atom. The number of non-ortho nitro benzene ring substituents is 1. The molecule has 1 unspecified atom stereocenters. The smallest absolute Gasteiger partial charge is 0.270 e. The van der Waals surface area contributed by atoms with Crippen LogP contribution in [0.5, 0.6) is 0 Å². The third-order valence-electron chi connectivity index (χ3n) is 5.64. The number of hydrogen-bond donors (Lipinski definition) is 1. The van der Waals surface area contributed by atoms with Gasteiger partial charge in [-0.25, -0.2) is 0 Å². The van der Waals surface area contributed by atoms with Crippen LogP contribution in [0.4, 0.5) is 11.4 Å². The predicted octanol–water partition coefficient (Wildman–Crippen LogP) is 5.68. The second kappa shape index (κ2) is 8.89. The van der Waals surface area contributed by atoms with Crippen LogP contribution in [0, 0.1) is 10.1 Å². The fraction of sp³-hybridized carbons (Fsp3) is 0.154. The average molecular weight is 400 g/mol. The third-order valence-corrected chi connectivity index (χ3v) is 5.64. The van der Waals surface area contributed by atoms with E-state index in [4.69, 9.17) is 0 Å². The molecule has 0 saturated carbocycles. The lowest BCUT2D eigenvalue weighted by Crippen LogP contribution is -2.73. The number of nitro groups is 1. The topological polar surface area (TPSA) is 59.8 Å². The van der Waals surface area contributed by atoms with Crippen LogP contribution < -0.4 is 5.32 Å². The molecule has 152 valence electrons. The van der Waals surface area contributed by atoms with E-state index in [-0.39, 0.29) is 16.0 Å². The third kappa shape index (κ3) is 4.09. The molecule has 0 bridgehead atoms. The van der Waals surface area contributed by atoms with Gasteiger partial charge in [0, 0.05) is 23.1 Å². The number of fused-ring (bicyclic) bond motifs is 1. The molecule has 0 aliphatic carbocycles. The van der Waals surface area contributed by atoms with Crippen LogP contribution in [-0.4, -0.2) is 12.0 Å². The summed E-state index contributed by atoms with van der Waals surface area (Å²) in [5.74, 6) is 0. The van der Waals surface area contributed by atoms with Gasteiger partial charge in [-0.1, -0.05) is 68.1 Å². The summed E-state index contributed by atoms with van der Waals surface area (Å²) in [6, 6.07) is 19.3. The summed E-state index contributed by atoms with van der Waals surface area (Å²) >= 11 is 0. The molecular formula is C26H27N2O2+. The van der Waals surface area contributed by atoms with E-state index < -0.39 is 0 Å². The van der Waals surface area contributed by atoms with Gasteiger partial charge in [0.25, 0.3) is 5.69 Å². The van der Waals surface area contributed by atoms with Crippen molar-refractivity contribution in [2.45, 2.75) is 18.8 Å². The van der Waals surface area contributed by atoms with Gasteiger partial charge in [-0.2, -0.15) is 0 Å². The molecule has 3 aromatic rings. The van der Waals surface area contributed by atoms with Crippen molar-refractivity contribution >= 4 is 28.2 Å². The number of hydrogen-bond acceptors (Lipinski definition) is 2. The van der Waals surface area contributed by atoms with E-state index in [0.717, 1.165) is 17.6 Å². The van der Waals surface area contributed by atoms with Gasteiger partial charge < -0.3 is 5.32 Å². The molecule has 0 heterocycles. The highest BCUT2D eigenvalue weighted by molar-refractivity contribution is 5.90. The van der Waals surface area contributed by atoms with E-state index in [9.17, 15) is 10.1 Å². The summed E-state index contributed by atoms with van der Waals surface area (Å²) in [7, 11) is 2.05. The molecular weight excluding hydrogens is 372 g/mol. The van der Waals surface area contributed by atoms with Crippen LogP contribution in [0.3, 0.4) is 0 Å². The van der Waals surface area contributed by atoms with E-state index in [1.54, 1.807) is 12.1 Å². The van der Waals surface area contributed by atoms with Crippen molar-refractivity contribution in [2.75, 3.05) is 7.05 Å². The summed E-state index contributed by atoms with van der Waals surface area (Å²) in [5, 5.41) is 15.6. The van der Waals surface area contributed by atoms with Crippen molar-refractivity contribution in [3.63, 3.8) is 0 Å². The first kappa shape index (κ1) is 21.2. The van der Waals surface area contributed by atoms with Crippen LogP contribution in [-0.2, 0) is 5.41 Å². The number of nitro benzene ring substituents is 1. The SMILES string of the molecule is C=CCC(C)(C(=C)C=Cc1cccc([N+](=O)[O-])c1)c1c([NH2+]C)ccc2ccccc12. The fourth-order valence-electron chi connectivity index (χ4n) is 3.95. The zero-order valence-electron chi connectivity index (χ0n) is 17.5. The second-order valence-electron chi connectivity index (χ2n) is 7.58. The van der Waals surface area contributed by atoms with Gasteiger partial charge in [-0.05, 0) is 40.5 Å². The highest BCUT2D eigenvalue weighted by Gasteiger charge is 2.33. The average Bonchev–Trinajstić information content (AvgIpc) is 2.76. The number of rotatable bonds is 8. The van der Waals surface area contributed by atoms with Crippen molar-refractivity contribution < 1.29 is 10.2 Å². The summed E-state index contributed by atoms with van der Waals surface area (Å²) in [4.78, 5) is 10.7. The van der Waals surface area contributed by atoms with Crippen LogP contribution in [0.2, 0.25) is 0 Å². The maximum Gasteiger partial charge on any atom is 0.270 e. The van der Waals surface area contributed by atoms with Crippen molar-refractivity contribution in [3.8, 4) is 0 Å². The Morgan fingerprint density at radius 3 is 2.63 bits per heavy atom. The second-order valence-corrected chi connectivity index (χ2v) is 7.58. The predicted molar refractivity (Wildman–Crippen MR) is 125 cm³/mol. The number of allylic oxidation sites excluding steroid dienone is 3. The Kier molecular flexibility index (Phi) is 6.28. The Labute approximate surface area is 177 Å². The minimum Gasteiger partial charge on any atom is -0.316 e. The van der Waals surface area contributed by atoms with Crippen LogP contribution in [0.15, 0.2) is 91.5 Å². The summed E-state index contributed by atoms with van der Waals surface area (Å²) in [6.07, 6.45) is 6.49. The van der Waals surface area contributed by atoms with Crippen molar-refractivity contribution in [1.82, 2.24) is 0 Å². The molecule has 4 nitrogen and oxygen atoms in total. The lowest BCUT2D eigenvalue weighted by Gasteiger charge is -2.32. The minimum atomic E-state index is -0.381. The van der Waals surface area contributed by atoms with Gasteiger partial charge in [0.1, 0.15) is 5.69 Å². The molecule has 3 rings (SSSR count). The van der Waals surface area contributed by atoms with E-state index >= 15 is 0 Å². The zero-order valence-corrected chi connectivity index (χ0v) is 17.5. The number of nitrogens with two attached hydrogens (primary N) is 1. The van der Waals surface area contributed by atoms with E-state index in [1.165, 1.54) is 28.1 Å². The molecule has 1 atom stereocenters. The maximum atomic E-state index is 11.1. The lowest BCUT2D eigenvalue weighted by molar-refractivity contribution is -0.540. The first-order chi connectivity index (χ1) is 14.4. The monoisotopic (exact) mass is 399 g/mol. The van der Waals surface area contributed by atoms with Gasteiger partial charge in [0.05, 0.1) is 12.0 Å². The molecule has 4 heteroatoms. The Morgan fingerprint density at radius 2 is 1.93 bits per heavy atom. The molecule has 0 aliphatic rings. The molecule has 3 aromatic carbocycles. The molecule has 0 aromatic heterocycles. The summed E-state index contributed by atoms with van der Waals surface area (Å²) in [5.41, 5.74) is 3.79. The van der Waals surface area contributed by atoms with Gasteiger partial charge in [-0.3, -0.25) is 10.1 Å². The first-order valence-corrected chi connectivity index (χ1v) is 9.95.